The Morgan fingerprint density at radius 1 is 0.952 bits per heavy atom. The van der Waals surface area contributed by atoms with Crippen LogP contribution in [0.15, 0.2) is 42.5 Å². The van der Waals surface area contributed by atoms with Crippen molar-refractivity contribution in [3.05, 3.63) is 70.3 Å². The molecule has 0 saturated heterocycles. The first-order valence-electron chi connectivity index (χ1n) is 6.69. The van der Waals surface area contributed by atoms with Crippen LogP contribution in [0.2, 0.25) is 0 Å². The molecular formula is C17H17F3O. The summed E-state index contributed by atoms with van der Waals surface area (Å²) < 4.78 is 37.5. The molecule has 1 N–H and O–H groups in total. The van der Waals surface area contributed by atoms with E-state index in [1.54, 1.807) is 0 Å². The van der Waals surface area contributed by atoms with Crippen molar-refractivity contribution in [2.24, 2.45) is 0 Å². The van der Waals surface area contributed by atoms with Crippen LogP contribution in [0.3, 0.4) is 0 Å². The Hall–Kier alpha value is -1.81. The monoisotopic (exact) mass is 294 g/mol. The van der Waals surface area contributed by atoms with Crippen LogP contribution < -0.4 is 0 Å². The number of benzene rings is 2. The van der Waals surface area contributed by atoms with Gasteiger partial charge < -0.3 is 5.11 Å². The Labute approximate surface area is 122 Å². The van der Waals surface area contributed by atoms with Crippen molar-refractivity contribution in [3.8, 4) is 0 Å². The molecule has 0 aliphatic carbocycles. The molecule has 0 bridgehead atoms. The van der Waals surface area contributed by atoms with Crippen LogP contribution >= 0.6 is 0 Å². The maximum absolute atomic E-state index is 12.5. The minimum Gasteiger partial charge on any atom is -0.388 e. The SMILES string of the molecule is Cc1cccc(C)c1CC(O)c1ccc(C(F)(F)F)cc1. The van der Waals surface area contributed by atoms with Gasteiger partial charge >= 0.3 is 6.18 Å². The fraction of sp³-hybridized carbons (Fsp3) is 0.294. The third kappa shape index (κ3) is 3.64. The molecular weight excluding hydrogens is 277 g/mol. The molecule has 1 atom stereocenters. The van der Waals surface area contributed by atoms with Gasteiger partial charge in [-0.25, -0.2) is 0 Å². The van der Waals surface area contributed by atoms with Crippen LogP contribution in [0.5, 0.6) is 0 Å². The van der Waals surface area contributed by atoms with Crippen LogP contribution in [0.25, 0.3) is 0 Å². The predicted molar refractivity (Wildman–Crippen MR) is 76.0 cm³/mol. The molecule has 0 spiro atoms. The summed E-state index contributed by atoms with van der Waals surface area (Å²) in [6, 6.07) is 10.5. The zero-order valence-corrected chi connectivity index (χ0v) is 11.9. The standard InChI is InChI=1S/C17H17F3O/c1-11-4-3-5-12(2)15(11)10-16(21)13-6-8-14(9-7-13)17(18,19)20/h3-9,16,21H,10H2,1-2H3. The molecule has 0 amide bonds. The Balaban J connectivity index is 2.19. The Morgan fingerprint density at radius 2 is 1.48 bits per heavy atom. The molecule has 4 heteroatoms. The number of halogens is 3. The summed E-state index contributed by atoms with van der Waals surface area (Å²) >= 11 is 0. The van der Waals surface area contributed by atoms with Gasteiger partial charge in [0.15, 0.2) is 0 Å². The largest absolute Gasteiger partial charge is 0.416 e. The van der Waals surface area contributed by atoms with Gasteiger partial charge in [0.25, 0.3) is 0 Å². The Morgan fingerprint density at radius 3 is 1.95 bits per heavy atom. The molecule has 2 aromatic rings. The summed E-state index contributed by atoms with van der Waals surface area (Å²) in [7, 11) is 0. The number of aryl methyl sites for hydroxylation is 2. The van der Waals surface area contributed by atoms with E-state index >= 15 is 0 Å². The van der Waals surface area contributed by atoms with Gasteiger partial charge in [-0.15, -0.1) is 0 Å². The molecule has 2 aromatic carbocycles. The summed E-state index contributed by atoms with van der Waals surface area (Å²) in [5.74, 6) is 0. The van der Waals surface area contributed by atoms with Crippen molar-refractivity contribution < 1.29 is 18.3 Å². The average molecular weight is 294 g/mol. The van der Waals surface area contributed by atoms with Crippen molar-refractivity contribution in [2.45, 2.75) is 32.5 Å². The summed E-state index contributed by atoms with van der Waals surface area (Å²) in [6.45, 7) is 3.92. The smallest absolute Gasteiger partial charge is 0.388 e. The lowest BCUT2D eigenvalue weighted by Crippen LogP contribution is -2.07. The zero-order chi connectivity index (χ0) is 15.6. The number of hydrogen-bond donors (Lipinski definition) is 1. The molecule has 21 heavy (non-hydrogen) atoms. The van der Waals surface area contributed by atoms with Crippen molar-refractivity contribution in [1.29, 1.82) is 0 Å². The average Bonchev–Trinajstić information content (AvgIpc) is 2.42. The molecule has 0 aliphatic rings. The maximum Gasteiger partial charge on any atom is 0.416 e. The Kier molecular flexibility index (Phi) is 4.37. The van der Waals surface area contributed by atoms with Gasteiger partial charge in [0.05, 0.1) is 11.7 Å². The first-order valence-corrected chi connectivity index (χ1v) is 6.69. The van der Waals surface area contributed by atoms with E-state index in [0.29, 0.717) is 12.0 Å². The molecule has 0 saturated carbocycles. The first kappa shape index (κ1) is 15.6. The van der Waals surface area contributed by atoms with Gasteiger partial charge in [-0.05, 0) is 48.2 Å². The Bertz CT molecular complexity index is 595. The van der Waals surface area contributed by atoms with Crippen LogP contribution in [0.1, 0.15) is 33.9 Å². The van der Waals surface area contributed by atoms with E-state index in [9.17, 15) is 18.3 Å². The van der Waals surface area contributed by atoms with E-state index in [-0.39, 0.29) is 0 Å². The lowest BCUT2D eigenvalue weighted by atomic mass is 9.94. The topological polar surface area (TPSA) is 20.2 Å². The number of aliphatic hydroxyl groups is 1. The molecule has 112 valence electrons. The molecule has 0 radical (unpaired) electrons. The molecule has 0 aromatic heterocycles. The van der Waals surface area contributed by atoms with E-state index in [0.717, 1.165) is 28.8 Å². The highest BCUT2D eigenvalue weighted by molar-refractivity contribution is 5.35. The fourth-order valence-electron chi connectivity index (χ4n) is 2.38. The second-order valence-corrected chi connectivity index (χ2v) is 5.21. The third-order valence-corrected chi connectivity index (χ3v) is 3.66. The van der Waals surface area contributed by atoms with Crippen molar-refractivity contribution in [2.75, 3.05) is 0 Å². The second kappa shape index (κ2) is 5.90. The fourth-order valence-corrected chi connectivity index (χ4v) is 2.38. The molecule has 0 aliphatic heterocycles. The van der Waals surface area contributed by atoms with Crippen molar-refractivity contribution in [3.63, 3.8) is 0 Å². The third-order valence-electron chi connectivity index (χ3n) is 3.66. The van der Waals surface area contributed by atoms with Crippen LogP contribution in [0, 0.1) is 13.8 Å². The van der Waals surface area contributed by atoms with Gasteiger partial charge in [0.2, 0.25) is 0 Å². The van der Waals surface area contributed by atoms with Crippen molar-refractivity contribution >= 4 is 0 Å². The van der Waals surface area contributed by atoms with E-state index in [2.05, 4.69) is 0 Å². The second-order valence-electron chi connectivity index (χ2n) is 5.21. The van der Waals surface area contributed by atoms with Gasteiger partial charge in [-0.2, -0.15) is 13.2 Å². The number of alkyl halides is 3. The summed E-state index contributed by atoms with van der Waals surface area (Å²) in [6.07, 6.45) is -4.77. The number of hydrogen-bond acceptors (Lipinski definition) is 1. The lowest BCUT2D eigenvalue weighted by Gasteiger charge is -2.16. The lowest BCUT2D eigenvalue weighted by molar-refractivity contribution is -0.137. The molecule has 2 rings (SSSR count). The highest BCUT2D eigenvalue weighted by Gasteiger charge is 2.30. The van der Waals surface area contributed by atoms with Gasteiger partial charge in [0.1, 0.15) is 0 Å². The zero-order valence-electron chi connectivity index (χ0n) is 11.9. The van der Waals surface area contributed by atoms with E-state index < -0.39 is 17.8 Å². The van der Waals surface area contributed by atoms with E-state index in [4.69, 9.17) is 0 Å². The van der Waals surface area contributed by atoms with Crippen LogP contribution in [-0.4, -0.2) is 5.11 Å². The summed E-state index contributed by atoms with van der Waals surface area (Å²) in [4.78, 5) is 0. The highest BCUT2D eigenvalue weighted by Crippen LogP contribution is 2.30. The van der Waals surface area contributed by atoms with E-state index in [1.807, 2.05) is 32.0 Å². The minimum atomic E-state index is -4.35. The highest BCUT2D eigenvalue weighted by atomic mass is 19.4. The van der Waals surface area contributed by atoms with Gasteiger partial charge in [-0.1, -0.05) is 30.3 Å². The number of rotatable bonds is 3. The van der Waals surface area contributed by atoms with Crippen LogP contribution in [-0.2, 0) is 12.6 Å². The molecule has 1 unspecified atom stereocenters. The summed E-state index contributed by atoms with van der Waals surface area (Å²) in [5, 5.41) is 10.2. The molecule has 1 nitrogen and oxygen atoms in total. The molecule has 0 fully saturated rings. The quantitative estimate of drug-likeness (QED) is 0.877. The normalized spacial score (nSPS) is 13.2. The van der Waals surface area contributed by atoms with Gasteiger partial charge in [0, 0.05) is 6.42 Å². The maximum atomic E-state index is 12.5. The van der Waals surface area contributed by atoms with E-state index in [1.165, 1.54) is 12.1 Å². The first-order chi connectivity index (χ1) is 9.79. The van der Waals surface area contributed by atoms with Crippen molar-refractivity contribution in [1.82, 2.24) is 0 Å². The summed E-state index contributed by atoms with van der Waals surface area (Å²) in [5.41, 5.74) is 2.96. The number of aliphatic hydroxyl groups excluding tert-OH is 1. The minimum absolute atomic E-state index is 0.393. The molecule has 0 heterocycles. The van der Waals surface area contributed by atoms with Gasteiger partial charge in [-0.3, -0.25) is 0 Å². The predicted octanol–water partition coefficient (Wildman–Crippen LogP) is 4.60. The van der Waals surface area contributed by atoms with Crippen LogP contribution in [0.4, 0.5) is 13.2 Å².